The molecule has 2 aliphatic heterocycles. The number of anilines is 2. The van der Waals surface area contributed by atoms with E-state index in [1.165, 1.54) is 22.1 Å². The van der Waals surface area contributed by atoms with Gasteiger partial charge in [-0.2, -0.15) is 0 Å². The molecule has 2 aliphatic rings. The molecule has 1 aromatic heterocycles. The van der Waals surface area contributed by atoms with Gasteiger partial charge in [-0.05, 0) is 30.3 Å². The number of nitrogens with zero attached hydrogens (tertiary/aromatic N) is 3. The molecule has 9 heteroatoms. The van der Waals surface area contributed by atoms with Crippen LogP contribution in [0.1, 0.15) is 13.8 Å². The van der Waals surface area contributed by atoms with E-state index < -0.39 is 24.1 Å². The van der Waals surface area contributed by atoms with E-state index >= 15 is 0 Å². The van der Waals surface area contributed by atoms with Crippen molar-refractivity contribution in [2.24, 2.45) is 0 Å². The summed E-state index contributed by atoms with van der Waals surface area (Å²) in [6.45, 7) is 4.62. The van der Waals surface area contributed by atoms with Crippen molar-refractivity contribution in [2.75, 3.05) is 36.1 Å². The third-order valence-electron chi connectivity index (χ3n) is 4.44. The van der Waals surface area contributed by atoms with Crippen LogP contribution in [-0.4, -0.2) is 54.7 Å². The molecule has 2 aromatic rings. The number of aromatic nitrogens is 1. The number of hydrogen-bond donors (Lipinski definition) is 1. The highest BCUT2D eigenvalue weighted by atomic mass is 19.1. The predicted molar refractivity (Wildman–Crippen MR) is 104 cm³/mol. The van der Waals surface area contributed by atoms with E-state index in [1.807, 2.05) is 13.8 Å². The topological polar surface area (TPSA) is 92.2 Å². The number of halogens is 1. The van der Waals surface area contributed by atoms with Crippen molar-refractivity contribution >= 4 is 23.7 Å². The monoisotopic (exact) mass is 403 g/mol. The average Bonchev–Trinajstić information content (AvgIpc) is 3.35. The van der Waals surface area contributed by atoms with Crippen molar-refractivity contribution in [1.29, 1.82) is 0 Å². The Bertz CT molecular complexity index is 890. The zero-order valence-electron chi connectivity index (χ0n) is 16.2. The Morgan fingerprint density at radius 1 is 1.17 bits per heavy atom. The molecule has 2 fully saturated rings. The summed E-state index contributed by atoms with van der Waals surface area (Å²) in [7, 11) is 0. The molecule has 0 bridgehead atoms. The first-order valence-electron chi connectivity index (χ1n) is 9.36. The van der Waals surface area contributed by atoms with E-state index in [0.29, 0.717) is 35.8 Å². The van der Waals surface area contributed by atoms with Crippen molar-refractivity contribution in [2.45, 2.75) is 20.0 Å². The van der Waals surface area contributed by atoms with Gasteiger partial charge in [0, 0.05) is 17.3 Å². The Morgan fingerprint density at radius 2 is 1.97 bits per heavy atom. The molecule has 2 amide bonds. The van der Waals surface area contributed by atoms with Crippen molar-refractivity contribution in [3.63, 3.8) is 0 Å². The maximum atomic E-state index is 14.6. The molecule has 1 unspecified atom stereocenters. The summed E-state index contributed by atoms with van der Waals surface area (Å²) >= 11 is 0. The second-order valence-corrected chi connectivity index (χ2v) is 6.13. The van der Waals surface area contributed by atoms with Crippen LogP contribution >= 0.6 is 0 Å². The van der Waals surface area contributed by atoms with E-state index in [9.17, 15) is 14.0 Å². The third-order valence-corrected chi connectivity index (χ3v) is 4.44. The number of amides is 2. The maximum Gasteiger partial charge on any atom is 0.415 e. The number of benzene rings is 1. The standard InChI is InChI=1S/C18H16FN3O5.C2H6/c19-15-7-12(22-9-13(10-23)27-18(22)25)2-3-14(15)11-1-4-16(20-8-11)21-5-6-26-17(21)24;1-2/h1-4,7-8,13,23H,5-6,9-10H2;1-2H3. The fourth-order valence-corrected chi connectivity index (χ4v) is 3.04. The van der Waals surface area contributed by atoms with Gasteiger partial charge in [0.2, 0.25) is 0 Å². The van der Waals surface area contributed by atoms with E-state index in [4.69, 9.17) is 14.6 Å². The lowest BCUT2D eigenvalue weighted by Crippen LogP contribution is -2.25. The molecule has 0 saturated carbocycles. The second-order valence-electron chi connectivity index (χ2n) is 6.13. The Hall–Kier alpha value is -3.20. The molecule has 0 aliphatic carbocycles. The summed E-state index contributed by atoms with van der Waals surface area (Å²) in [5, 5.41) is 9.10. The normalized spacial score (nSPS) is 18.3. The number of ether oxygens (including phenoxy) is 2. The van der Waals surface area contributed by atoms with Gasteiger partial charge in [-0.1, -0.05) is 13.8 Å². The van der Waals surface area contributed by atoms with Crippen LogP contribution in [0.25, 0.3) is 11.1 Å². The number of carbonyl (C=O) groups excluding carboxylic acids is 2. The average molecular weight is 403 g/mol. The highest BCUT2D eigenvalue weighted by Gasteiger charge is 2.32. The number of cyclic esters (lactones) is 2. The smallest absolute Gasteiger partial charge is 0.415 e. The van der Waals surface area contributed by atoms with Crippen LogP contribution in [-0.2, 0) is 9.47 Å². The van der Waals surface area contributed by atoms with Gasteiger partial charge in [0.25, 0.3) is 0 Å². The molecule has 4 rings (SSSR count). The van der Waals surface area contributed by atoms with Crippen molar-refractivity contribution in [3.05, 3.63) is 42.3 Å². The highest BCUT2D eigenvalue weighted by molar-refractivity contribution is 5.90. The number of rotatable bonds is 4. The molecular formula is C20H22FN3O5. The summed E-state index contributed by atoms with van der Waals surface area (Å²) in [5.41, 5.74) is 1.20. The first-order chi connectivity index (χ1) is 14.1. The quantitative estimate of drug-likeness (QED) is 0.843. The summed E-state index contributed by atoms with van der Waals surface area (Å²) in [4.78, 5) is 30.3. The fourth-order valence-electron chi connectivity index (χ4n) is 3.04. The van der Waals surface area contributed by atoms with Crippen LogP contribution in [0.4, 0.5) is 25.5 Å². The summed E-state index contributed by atoms with van der Waals surface area (Å²) in [6.07, 6.45) is -0.214. The van der Waals surface area contributed by atoms with Gasteiger partial charge in [-0.25, -0.2) is 19.0 Å². The molecule has 29 heavy (non-hydrogen) atoms. The van der Waals surface area contributed by atoms with Gasteiger partial charge in [-0.3, -0.25) is 9.80 Å². The zero-order chi connectivity index (χ0) is 21.0. The molecule has 1 N–H and O–H groups in total. The number of aliphatic hydroxyl groups is 1. The SMILES string of the molecule is CC.O=C1OC(CO)CN1c1ccc(-c2ccc(N3CCOC3=O)nc2)c(F)c1. The van der Waals surface area contributed by atoms with Crippen molar-refractivity contribution < 1.29 is 28.6 Å². The number of pyridine rings is 1. The Balaban J connectivity index is 0.00000117. The Kier molecular flexibility index (Phi) is 6.28. The molecular weight excluding hydrogens is 381 g/mol. The molecule has 0 spiro atoms. The minimum absolute atomic E-state index is 0.163. The van der Waals surface area contributed by atoms with E-state index in [2.05, 4.69) is 4.98 Å². The highest BCUT2D eigenvalue weighted by Crippen LogP contribution is 2.29. The van der Waals surface area contributed by atoms with Crippen LogP contribution in [0.3, 0.4) is 0 Å². The van der Waals surface area contributed by atoms with Gasteiger partial charge in [0.05, 0.1) is 25.4 Å². The lowest BCUT2D eigenvalue weighted by atomic mass is 10.1. The van der Waals surface area contributed by atoms with E-state index in [-0.39, 0.29) is 13.2 Å². The van der Waals surface area contributed by atoms with Gasteiger partial charge >= 0.3 is 12.2 Å². The lowest BCUT2D eigenvalue weighted by Gasteiger charge is -2.15. The Morgan fingerprint density at radius 3 is 2.52 bits per heavy atom. The van der Waals surface area contributed by atoms with Gasteiger partial charge in [0.15, 0.2) is 0 Å². The predicted octanol–water partition coefficient (Wildman–Crippen LogP) is 3.19. The largest absolute Gasteiger partial charge is 0.447 e. The van der Waals surface area contributed by atoms with Crippen LogP contribution in [0.2, 0.25) is 0 Å². The summed E-state index contributed by atoms with van der Waals surface area (Å²) in [5.74, 6) is -0.0870. The fraction of sp³-hybridized carbons (Fsp3) is 0.350. The van der Waals surface area contributed by atoms with Gasteiger partial charge in [0.1, 0.15) is 24.3 Å². The van der Waals surface area contributed by atoms with Crippen LogP contribution in [0, 0.1) is 5.82 Å². The van der Waals surface area contributed by atoms with Crippen LogP contribution < -0.4 is 9.80 Å². The van der Waals surface area contributed by atoms with Crippen molar-refractivity contribution in [3.8, 4) is 11.1 Å². The minimum atomic E-state index is -0.621. The first kappa shape index (κ1) is 20.5. The molecule has 3 heterocycles. The third kappa shape index (κ3) is 4.14. The van der Waals surface area contributed by atoms with Gasteiger partial charge in [-0.15, -0.1) is 0 Å². The molecule has 154 valence electrons. The molecule has 1 atom stereocenters. The molecule has 1 aromatic carbocycles. The number of aliphatic hydroxyl groups excluding tert-OH is 1. The maximum absolute atomic E-state index is 14.6. The molecule has 8 nitrogen and oxygen atoms in total. The van der Waals surface area contributed by atoms with E-state index in [1.54, 1.807) is 24.3 Å². The molecule has 0 radical (unpaired) electrons. The molecule has 2 saturated heterocycles. The summed E-state index contributed by atoms with van der Waals surface area (Å²) < 4.78 is 24.5. The van der Waals surface area contributed by atoms with E-state index in [0.717, 1.165) is 0 Å². The summed E-state index contributed by atoms with van der Waals surface area (Å²) in [6, 6.07) is 7.68. The second kappa shape index (κ2) is 8.87. The number of hydrogen-bond acceptors (Lipinski definition) is 6. The van der Waals surface area contributed by atoms with Crippen molar-refractivity contribution in [1.82, 2.24) is 4.98 Å². The number of carbonyl (C=O) groups is 2. The Labute approximate surface area is 167 Å². The van der Waals surface area contributed by atoms with Crippen LogP contribution in [0.5, 0.6) is 0 Å². The van der Waals surface area contributed by atoms with Gasteiger partial charge < -0.3 is 14.6 Å². The van der Waals surface area contributed by atoms with Crippen LogP contribution in [0.15, 0.2) is 36.5 Å². The zero-order valence-corrected chi connectivity index (χ0v) is 16.2. The first-order valence-corrected chi connectivity index (χ1v) is 9.36. The minimum Gasteiger partial charge on any atom is -0.447 e. The lowest BCUT2D eigenvalue weighted by molar-refractivity contribution is 0.0963.